The van der Waals surface area contributed by atoms with Crippen molar-refractivity contribution in [2.75, 3.05) is 0 Å². The monoisotopic (exact) mass is 267 g/mol. The fourth-order valence-electron chi connectivity index (χ4n) is 3.34. The summed E-state index contributed by atoms with van der Waals surface area (Å²) in [5.74, 6) is 0.481. The predicted molar refractivity (Wildman–Crippen MR) is 68.1 cm³/mol. The van der Waals surface area contributed by atoms with E-state index in [9.17, 15) is 9.18 Å². The maximum atomic E-state index is 13.6. The maximum absolute atomic E-state index is 13.6. The van der Waals surface area contributed by atoms with Crippen LogP contribution in [0.3, 0.4) is 0 Å². The molecule has 0 aromatic heterocycles. The van der Waals surface area contributed by atoms with E-state index in [0.717, 1.165) is 12.3 Å². The second kappa shape index (κ2) is 4.54. The molecule has 3 atom stereocenters. The minimum Gasteiger partial charge on any atom is -0.349 e. The second-order valence-electron chi connectivity index (χ2n) is 5.38. The van der Waals surface area contributed by atoms with Gasteiger partial charge in [-0.05, 0) is 49.3 Å². The Hall–Kier alpha value is -1.09. The first-order valence-electron chi connectivity index (χ1n) is 6.39. The average Bonchev–Trinajstić information content (AvgIpc) is 2.90. The highest BCUT2D eigenvalue weighted by Gasteiger charge is 2.40. The number of hydrogen-bond acceptors (Lipinski definition) is 1. The number of nitrogens with one attached hydrogen (secondary N) is 1. The molecule has 2 aliphatic carbocycles. The van der Waals surface area contributed by atoms with Crippen LogP contribution in [0.2, 0.25) is 5.02 Å². The Morgan fingerprint density at radius 1 is 1.33 bits per heavy atom. The van der Waals surface area contributed by atoms with Gasteiger partial charge in [-0.2, -0.15) is 0 Å². The number of carbonyl (C=O) groups is 1. The molecule has 2 bridgehead atoms. The zero-order chi connectivity index (χ0) is 12.7. The number of hydrogen-bond donors (Lipinski definition) is 1. The summed E-state index contributed by atoms with van der Waals surface area (Å²) in [5.41, 5.74) is 0.0853. The van der Waals surface area contributed by atoms with Gasteiger partial charge < -0.3 is 5.32 Å². The van der Waals surface area contributed by atoms with Crippen molar-refractivity contribution < 1.29 is 9.18 Å². The van der Waals surface area contributed by atoms with Crippen molar-refractivity contribution in [3.8, 4) is 0 Å². The summed E-state index contributed by atoms with van der Waals surface area (Å²) in [6.07, 6.45) is 4.74. The van der Waals surface area contributed by atoms with E-state index < -0.39 is 5.82 Å². The molecule has 3 rings (SSSR count). The maximum Gasteiger partial charge on any atom is 0.254 e. The Labute approximate surface area is 111 Å². The largest absolute Gasteiger partial charge is 0.349 e. The number of rotatable bonds is 2. The van der Waals surface area contributed by atoms with Gasteiger partial charge in [0.15, 0.2) is 0 Å². The molecule has 1 aromatic rings. The molecule has 2 fully saturated rings. The number of carbonyl (C=O) groups excluding carboxylic acids is 1. The second-order valence-corrected chi connectivity index (χ2v) is 5.82. The van der Waals surface area contributed by atoms with Gasteiger partial charge in [0.05, 0.1) is 5.56 Å². The minimum atomic E-state index is -0.553. The van der Waals surface area contributed by atoms with Gasteiger partial charge >= 0.3 is 0 Å². The van der Waals surface area contributed by atoms with E-state index in [1.54, 1.807) is 6.07 Å². The van der Waals surface area contributed by atoms with Crippen LogP contribution in [0.15, 0.2) is 18.2 Å². The van der Waals surface area contributed by atoms with Gasteiger partial charge in [-0.25, -0.2) is 4.39 Å². The summed E-state index contributed by atoms with van der Waals surface area (Å²) >= 11 is 5.67. The lowest BCUT2D eigenvalue weighted by molar-refractivity contribution is 0.0919. The first-order valence-corrected chi connectivity index (χ1v) is 6.77. The van der Waals surface area contributed by atoms with Crippen LogP contribution in [0.5, 0.6) is 0 Å². The molecule has 2 aliphatic rings. The third-order valence-corrected chi connectivity index (χ3v) is 4.47. The van der Waals surface area contributed by atoms with Crippen molar-refractivity contribution in [2.24, 2.45) is 11.8 Å². The zero-order valence-corrected chi connectivity index (χ0v) is 10.7. The first kappa shape index (κ1) is 12.0. The lowest BCUT2D eigenvalue weighted by Gasteiger charge is -2.23. The van der Waals surface area contributed by atoms with Crippen LogP contribution in [0.4, 0.5) is 4.39 Å². The minimum absolute atomic E-state index is 0.0853. The smallest absolute Gasteiger partial charge is 0.254 e. The van der Waals surface area contributed by atoms with Crippen LogP contribution in [0.25, 0.3) is 0 Å². The molecule has 96 valence electrons. The van der Waals surface area contributed by atoms with Crippen molar-refractivity contribution in [3.63, 3.8) is 0 Å². The molecule has 0 unspecified atom stereocenters. The van der Waals surface area contributed by atoms with E-state index >= 15 is 0 Å². The molecule has 2 nitrogen and oxygen atoms in total. The van der Waals surface area contributed by atoms with Crippen LogP contribution >= 0.6 is 11.6 Å². The van der Waals surface area contributed by atoms with Crippen molar-refractivity contribution in [1.29, 1.82) is 0 Å². The van der Waals surface area contributed by atoms with Gasteiger partial charge in [0.2, 0.25) is 0 Å². The first-order chi connectivity index (χ1) is 8.63. The van der Waals surface area contributed by atoms with E-state index in [0.29, 0.717) is 10.9 Å². The van der Waals surface area contributed by atoms with Gasteiger partial charge in [-0.3, -0.25) is 4.79 Å². The highest BCUT2D eigenvalue weighted by molar-refractivity contribution is 6.30. The summed E-state index contributed by atoms with van der Waals surface area (Å²) < 4.78 is 13.6. The molecule has 0 spiro atoms. The van der Waals surface area contributed by atoms with Crippen LogP contribution in [0.1, 0.15) is 36.0 Å². The zero-order valence-electron chi connectivity index (χ0n) is 9.96. The summed E-state index contributed by atoms with van der Waals surface area (Å²) in [6, 6.07) is 4.39. The topological polar surface area (TPSA) is 29.1 Å². The Balaban J connectivity index is 1.71. The standard InChI is InChI=1S/C14H15ClFNO/c15-10-3-4-11(12(16)7-10)14(18)17-13-6-8-1-2-9(13)5-8/h3-4,7-9,13H,1-2,5-6H2,(H,17,18)/t8-,9-,13-/m1/s1. The summed E-state index contributed by atoms with van der Waals surface area (Å²) in [6.45, 7) is 0. The quantitative estimate of drug-likeness (QED) is 0.874. The lowest BCUT2D eigenvalue weighted by atomic mass is 9.95. The summed E-state index contributed by atoms with van der Waals surface area (Å²) in [7, 11) is 0. The molecular formula is C14H15ClFNO. The van der Waals surface area contributed by atoms with Crippen molar-refractivity contribution >= 4 is 17.5 Å². The molecule has 4 heteroatoms. The van der Waals surface area contributed by atoms with Crippen molar-refractivity contribution in [1.82, 2.24) is 5.32 Å². The van der Waals surface area contributed by atoms with Crippen molar-refractivity contribution in [2.45, 2.75) is 31.7 Å². The highest BCUT2D eigenvalue weighted by atomic mass is 35.5. The molecule has 0 saturated heterocycles. The normalized spacial score (nSPS) is 29.6. The van der Waals surface area contributed by atoms with Gasteiger partial charge in [-0.1, -0.05) is 18.0 Å². The molecule has 1 amide bonds. The molecule has 1 aromatic carbocycles. The lowest BCUT2D eigenvalue weighted by Crippen LogP contribution is -2.38. The predicted octanol–water partition coefficient (Wildman–Crippen LogP) is 3.40. The number of amides is 1. The van der Waals surface area contributed by atoms with E-state index in [-0.39, 0.29) is 17.5 Å². The van der Waals surface area contributed by atoms with Crippen molar-refractivity contribution in [3.05, 3.63) is 34.6 Å². The summed E-state index contributed by atoms with van der Waals surface area (Å²) in [4.78, 5) is 12.0. The van der Waals surface area contributed by atoms with Crippen LogP contribution in [0, 0.1) is 17.7 Å². The number of halogens is 2. The molecule has 0 aliphatic heterocycles. The van der Waals surface area contributed by atoms with E-state index in [1.165, 1.54) is 31.4 Å². The molecule has 18 heavy (non-hydrogen) atoms. The van der Waals surface area contributed by atoms with E-state index in [4.69, 9.17) is 11.6 Å². The fourth-order valence-corrected chi connectivity index (χ4v) is 3.50. The van der Waals surface area contributed by atoms with Crippen LogP contribution in [-0.2, 0) is 0 Å². The van der Waals surface area contributed by atoms with Gasteiger partial charge in [0.1, 0.15) is 5.82 Å². The molecule has 0 radical (unpaired) electrons. The van der Waals surface area contributed by atoms with E-state index in [1.807, 2.05) is 0 Å². The third kappa shape index (κ3) is 2.12. The third-order valence-electron chi connectivity index (χ3n) is 4.23. The fraction of sp³-hybridized carbons (Fsp3) is 0.500. The highest BCUT2D eigenvalue weighted by Crippen LogP contribution is 2.44. The molecule has 0 heterocycles. The summed E-state index contributed by atoms with van der Waals surface area (Å²) in [5, 5.41) is 3.27. The van der Waals surface area contributed by atoms with Gasteiger partial charge in [0.25, 0.3) is 5.91 Å². The van der Waals surface area contributed by atoms with Crippen LogP contribution in [-0.4, -0.2) is 11.9 Å². The number of benzene rings is 1. The number of fused-ring (bicyclic) bond motifs is 2. The molecular weight excluding hydrogens is 253 g/mol. The average molecular weight is 268 g/mol. The van der Waals surface area contributed by atoms with Crippen LogP contribution < -0.4 is 5.32 Å². The SMILES string of the molecule is O=C(N[C@@H]1C[C@@H]2CC[C@@H]1C2)c1ccc(Cl)cc1F. The van der Waals surface area contributed by atoms with E-state index in [2.05, 4.69) is 5.32 Å². The Morgan fingerprint density at radius 3 is 2.78 bits per heavy atom. The Morgan fingerprint density at radius 2 is 2.17 bits per heavy atom. The van der Waals surface area contributed by atoms with Gasteiger partial charge in [0, 0.05) is 11.1 Å². The Bertz CT molecular complexity index is 491. The molecule has 1 N–H and O–H groups in total. The molecule has 2 saturated carbocycles. The van der Waals surface area contributed by atoms with Gasteiger partial charge in [-0.15, -0.1) is 0 Å². The Kier molecular flexibility index (Phi) is 3.02.